The number of aromatic nitrogens is 7. The maximum atomic E-state index is 3.96. The average molecular weight is 256 g/mol. The quantitative estimate of drug-likeness (QED) is 0.709. The van der Waals surface area contributed by atoms with Crippen molar-refractivity contribution in [3.05, 3.63) is 42.7 Å². The van der Waals surface area contributed by atoms with Crippen molar-refractivity contribution in [2.24, 2.45) is 0 Å². The van der Waals surface area contributed by atoms with E-state index in [0.29, 0.717) is 19.0 Å². The van der Waals surface area contributed by atoms with E-state index in [1.165, 1.54) is 0 Å². The van der Waals surface area contributed by atoms with Crippen LogP contribution in [-0.2, 0) is 6.54 Å². The summed E-state index contributed by atoms with van der Waals surface area (Å²) < 4.78 is 3.39. The molecule has 0 atom stereocenters. The van der Waals surface area contributed by atoms with Crippen molar-refractivity contribution in [1.82, 2.24) is 35.2 Å². The summed E-state index contributed by atoms with van der Waals surface area (Å²) in [5, 5.41) is 22.4. The van der Waals surface area contributed by atoms with Crippen LogP contribution in [0.1, 0.15) is 0 Å². The summed E-state index contributed by atoms with van der Waals surface area (Å²) in [6, 6.07) is 9.72. The van der Waals surface area contributed by atoms with E-state index >= 15 is 0 Å². The summed E-state index contributed by atoms with van der Waals surface area (Å²) in [5.41, 5.74) is 0.913. The van der Waals surface area contributed by atoms with Crippen LogP contribution in [-0.4, -0.2) is 41.7 Å². The molecule has 2 heterocycles. The average Bonchev–Trinajstić information content (AvgIpc) is 3.11. The number of benzene rings is 1. The van der Waals surface area contributed by atoms with Crippen molar-refractivity contribution in [3.63, 3.8) is 0 Å². The molecule has 8 heteroatoms. The van der Waals surface area contributed by atoms with Gasteiger partial charge in [0, 0.05) is 12.7 Å². The van der Waals surface area contributed by atoms with Gasteiger partial charge in [-0.05, 0) is 22.6 Å². The molecule has 0 radical (unpaired) electrons. The fourth-order valence-corrected chi connectivity index (χ4v) is 1.67. The Morgan fingerprint density at radius 3 is 2.79 bits per heavy atom. The van der Waals surface area contributed by atoms with Crippen molar-refractivity contribution < 1.29 is 0 Å². The van der Waals surface area contributed by atoms with Crippen LogP contribution >= 0.6 is 0 Å². The Balaban J connectivity index is 1.67. The monoisotopic (exact) mass is 256 g/mol. The first kappa shape index (κ1) is 11.3. The minimum atomic E-state index is 0.603. The van der Waals surface area contributed by atoms with E-state index in [4.69, 9.17) is 0 Å². The van der Waals surface area contributed by atoms with Crippen LogP contribution in [0, 0.1) is 0 Å². The molecule has 0 saturated heterocycles. The Morgan fingerprint density at radius 1 is 1.11 bits per heavy atom. The van der Waals surface area contributed by atoms with Gasteiger partial charge in [0.1, 0.15) is 0 Å². The molecule has 0 aliphatic rings. The third-order valence-electron chi connectivity index (χ3n) is 2.57. The summed E-state index contributed by atoms with van der Waals surface area (Å²) in [7, 11) is 0. The molecule has 3 rings (SSSR count). The highest BCUT2D eigenvalue weighted by Gasteiger charge is 2.06. The topological polar surface area (TPSA) is 86.3 Å². The summed E-state index contributed by atoms with van der Waals surface area (Å²) in [4.78, 5) is 0. The van der Waals surface area contributed by atoms with Crippen LogP contribution in [0.5, 0.6) is 0 Å². The molecule has 1 N–H and O–H groups in total. The lowest BCUT2D eigenvalue weighted by Gasteiger charge is -2.06. The Bertz CT molecular complexity index is 615. The van der Waals surface area contributed by atoms with Gasteiger partial charge in [-0.2, -0.15) is 4.68 Å². The first-order valence-corrected chi connectivity index (χ1v) is 5.85. The van der Waals surface area contributed by atoms with E-state index in [-0.39, 0.29) is 0 Å². The number of hydrogen-bond acceptors (Lipinski definition) is 6. The number of tetrazole rings is 1. The third-order valence-corrected chi connectivity index (χ3v) is 2.57. The van der Waals surface area contributed by atoms with E-state index in [0.717, 1.165) is 5.69 Å². The van der Waals surface area contributed by atoms with E-state index in [9.17, 15) is 0 Å². The number of anilines is 1. The van der Waals surface area contributed by atoms with Crippen molar-refractivity contribution >= 4 is 5.95 Å². The molecule has 96 valence electrons. The van der Waals surface area contributed by atoms with Crippen LogP contribution < -0.4 is 5.32 Å². The van der Waals surface area contributed by atoms with E-state index < -0.39 is 0 Å². The molecule has 0 saturated carbocycles. The zero-order valence-electron chi connectivity index (χ0n) is 10.1. The van der Waals surface area contributed by atoms with Gasteiger partial charge in [-0.3, -0.25) is 4.68 Å². The molecular weight excluding hydrogens is 244 g/mol. The molecule has 2 aromatic heterocycles. The van der Waals surface area contributed by atoms with Crippen LogP contribution in [0.3, 0.4) is 0 Å². The maximum absolute atomic E-state index is 3.96. The van der Waals surface area contributed by atoms with E-state index in [1.807, 2.05) is 36.5 Å². The first-order chi connectivity index (χ1) is 9.43. The lowest BCUT2D eigenvalue weighted by Crippen LogP contribution is -2.14. The van der Waals surface area contributed by atoms with Crippen molar-refractivity contribution in [3.8, 4) is 5.69 Å². The lowest BCUT2D eigenvalue weighted by molar-refractivity contribution is 0.606. The number of hydrogen-bond donors (Lipinski definition) is 1. The number of nitrogens with zero attached hydrogens (tertiary/aromatic N) is 7. The molecule has 19 heavy (non-hydrogen) atoms. The van der Waals surface area contributed by atoms with Crippen LogP contribution in [0.2, 0.25) is 0 Å². The largest absolute Gasteiger partial charge is 0.351 e. The minimum Gasteiger partial charge on any atom is -0.351 e. The zero-order chi connectivity index (χ0) is 12.9. The first-order valence-electron chi connectivity index (χ1n) is 5.85. The smallest absolute Gasteiger partial charge is 0.247 e. The molecule has 0 amide bonds. The fraction of sp³-hybridized carbons (Fsp3) is 0.182. The van der Waals surface area contributed by atoms with E-state index in [1.54, 1.807) is 15.6 Å². The Hall–Kier alpha value is -2.77. The van der Waals surface area contributed by atoms with Crippen molar-refractivity contribution in [2.45, 2.75) is 6.54 Å². The maximum Gasteiger partial charge on any atom is 0.247 e. The Kier molecular flexibility index (Phi) is 3.13. The summed E-state index contributed by atoms with van der Waals surface area (Å²) in [6.07, 6.45) is 3.45. The number of rotatable bonds is 5. The van der Waals surface area contributed by atoms with Crippen LogP contribution in [0.4, 0.5) is 5.95 Å². The van der Waals surface area contributed by atoms with Crippen molar-refractivity contribution in [1.29, 1.82) is 0 Å². The molecule has 0 unspecified atom stereocenters. The van der Waals surface area contributed by atoms with Crippen LogP contribution in [0.25, 0.3) is 5.69 Å². The molecule has 0 aliphatic heterocycles. The molecule has 0 bridgehead atoms. The highest BCUT2D eigenvalue weighted by molar-refractivity contribution is 5.38. The molecule has 1 aromatic carbocycles. The van der Waals surface area contributed by atoms with Crippen molar-refractivity contribution in [2.75, 3.05) is 11.9 Å². The lowest BCUT2D eigenvalue weighted by atomic mass is 10.3. The molecule has 3 aromatic rings. The SMILES string of the molecule is c1ccc(-n2nnnc2NCCn2ccnn2)cc1. The van der Waals surface area contributed by atoms with Gasteiger partial charge in [-0.25, -0.2) is 0 Å². The summed E-state index contributed by atoms with van der Waals surface area (Å²) in [5.74, 6) is 0.603. The molecular formula is C11H12N8. The summed E-state index contributed by atoms with van der Waals surface area (Å²) in [6.45, 7) is 1.36. The van der Waals surface area contributed by atoms with Gasteiger partial charge in [0.2, 0.25) is 5.95 Å². The predicted octanol–water partition coefficient (Wildman–Crippen LogP) is 0.366. The molecule has 0 spiro atoms. The second-order valence-corrected chi connectivity index (χ2v) is 3.84. The van der Waals surface area contributed by atoms with E-state index in [2.05, 4.69) is 31.2 Å². The Labute approximate surface area is 109 Å². The second-order valence-electron chi connectivity index (χ2n) is 3.84. The van der Waals surface area contributed by atoms with Gasteiger partial charge in [-0.15, -0.1) is 5.10 Å². The Morgan fingerprint density at radius 2 is 2.00 bits per heavy atom. The standard InChI is InChI=1S/C11H12N8/c1-2-4-10(5-3-1)19-11(14-15-17-19)12-6-8-18-9-7-13-16-18/h1-5,7,9H,6,8H2,(H,12,14,17). The van der Waals surface area contributed by atoms with Gasteiger partial charge in [0.25, 0.3) is 0 Å². The predicted molar refractivity (Wildman–Crippen MR) is 67.7 cm³/mol. The van der Waals surface area contributed by atoms with Gasteiger partial charge < -0.3 is 5.32 Å². The number of nitrogens with one attached hydrogen (secondary N) is 1. The zero-order valence-corrected chi connectivity index (χ0v) is 10.1. The van der Waals surface area contributed by atoms with Gasteiger partial charge in [0.05, 0.1) is 18.4 Å². The number of para-hydroxylation sites is 1. The second kappa shape index (κ2) is 5.25. The highest BCUT2D eigenvalue weighted by Crippen LogP contribution is 2.09. The highest BCUT2D eigenvalue weighted by atomic mass is 15.6. The molecule has 8 nitrogen and oxygen atoms in total. The van der Waals surface area contributed by atoms with Gasteiger partial charge >= 0.3 is 0 Å². The third kappa shape index (κ3) is 2.57. The summed E-state index contributed by atoms with van der Waals surface area (Å²) >= 11 is 0. The van der Waals surface area contributed by atoms with Crippen LogP contribution in [0.15, 0.2) is 42.7 Å². The fourth-order valence-electron chi connectivity index (χ4n) is 1.67. The van der Waals surface area contributed by atoms with Gasteiger partial charge in [-0.1, -0.05) is 28.5 Å². The minimum absolute atomic E-state index is 0.603. The normalized spacial score (nSPS) is 10.5. The van der Waals surface area contributed by atoms with Gasteiger partial charge in [0.15, 0.2) is 0 Å². The molecule has 0 fully saturated rings. The molecule has 0 aliphatic carbocycles.